The molecule has 0 saturated heterocycles. The van der Waals surface area contributed by atoms with E-state index in [1.807, 2.05) is 6.07 Å². The van der Waals surface area contributed by atoms with E-state index in [4.69, 9.17) is 4.74 Å². The van der Waals surface area contributed by atoms with Crippen LogP contribution >= 0.6 is 15.9 Å². The van der Waals surface area contributed by atoms with Crippen LogP contribution in [0.15, 0.2) is 22.8 Å². The van der Waals surface area contributed by atoms with Gasteiger partial charge in [0.25, 0.3) is 0 Å². The largest absolute Gasteiger partial charge is 0.383 e. The van der Waals surface area contributed by atoms with Crippen molar-refractivity contribution >= 4 is 26.8 Å². The number of benzene rings is 1. The average molecular weight is 273 g/mol. The Morgan fingerprint density at radius 1 is 1.53 bits per heavy atom. The van der Waals surface area contributed by atoms with Gasteiger partial charge in [0.2, 0.25) is 0 Å². The van der Waals surface area contributed by atoms with E-state index < -0.39 is 0 Å². The van der Waals surface area contributed by atoms with Crippen LogP contribution in [0.2, 0.25) is 0 Å². The molecule has 2 aromatic rings. The van der Waals surface area contributed by atoms with Crippen LogP contribution in [0.3, 0.4) is 0 Å². The zero-order chi connectivity index (χ0) is 10.8. The summed E-state index contributed by atoms with van der Waals surface area (Å²) in [5, 5.41) is 4.64. The number of fused-ring (bicyclic) bond motifs is 1. The Labute approximate surface area is 95.0 Å². The summed E-state index contributed by atoms with van der Waals surface area (Å²) in [6.45, 7) is 1.19. The fourth-order valence-electron chi connectivity index (χ4n) is 1.45. The highest BCUT2D eigenvalue weighted by Crippen LogP contribution is 2.24. The average Bonchev–Trinajstić information content (AvgIpc) is 2.64. The first-order valence-corrected chi connectivity index (χ1v) is 5.32. The molecule has 0 aliphatic rings. The van der Waals surface area contributed by atoms with Crippen LogP contribution in [-0.2, 0) is 11.3 Å². The lowest BCUT2D eigenvalue weighted by atomic mass is 10.2. The Balaban J connectivity index is 2.47. The molecule has 0 aliphatic heterocycles. The molecule has 15 heavy (non-hydrogen) atoms. The van der Waals surface area contributed by atoms with E-state index in [2.05, 4.69) is 21.0 Å². The van der Waals surface area contributed by atoms with Gasteiger partial charge in [-0.05, 0) is 28.1 Å². The first kappa shape index (κ1) is 10.6. The topological polar surface area (TPSA) is 27.1 Å². The first-order chi connectivity index (χ1) is 7.24. The molecule has 0 amide bonds. The fourth-order valence-corrected chi connectivity index (χ4v) is 1.80. The third kappa shape index (κ3) is 1.89. The SMILES string of the molecule is COCCn1ncc2c(F)c(Br)ccc21. The molecule has 0 saturated carbocycles. The minimum Gasteiger partial charge on any atom is -0.383 e. The van der Waals surface area contributed by atoms with E-state index in [1.54, 1.807) is 17.9 Å². The van der Waals surface area contributed by atoms with Crippen molar-refractivity contribution in [2.75, 3.05) is 13.7 Å². The first-order valence-electron chi connectivity index (χ1n) is 4.52. The highest BCUT2D eigenvalue weighted by Gasteiger charge is 2.09. The normalized spacial score (nSPS) is 11.1. The van der Waals surface area contributed by atoms with Crippen LogP contribution in [-0.4, -0.2) is 23.5 Å². The van der Waals surface area contributed by atoms with Crippen molar-refractivity contribution in [1.29, 1.82) is 0 Å². The molecule has 80 valence electrons. The van der Waals surface area contributed by atoms with E-state index in [1.165, 1.54) is 6.20 Å². The standard InChI is InChI=1S/C10H10BrFN2O/c1-15-5-4-14-9-3-2-8(11)10(12)7(9)6-13-14/h2-3,6H,4-5H2,1H3. The minimum absolute atomic E-state index is 0.267. The molecular weight excluding hydrogens is 263 g/mol. The van der Waals surface area contributed by atoms with E-state index in [0.29, 0.717) is 23.0 Å². The monoisotopic (exact) mass is 272 g/mol. The molecule has 5 heteroatoms. The number of rotatable bonds is 3. The summed E-state index contributed by atoms with van der Waals surface area (Å²) in [7, 11) is 1.63. The Morgan fingerprint density at radius 2 is 2.33 bits per heavy atom. The molecule has 0 radical (unpaired) electrons. The summed E-state index contributed by atoms with van der Waals surface area (Å²) in [5.41, 5.74) is 0.785. The van der Waals surface area contributed by atoms with Crippen LogP contribution in [0.1, 0.15) is 0 Å². The molecular formula is C10H10BrFN2O. The van der Waals surface area contributed by atoms with Gasteiger partial charge < -0.3 is 4.74 Å². The Morgan fingerprint density at radius 3 is 3.07 bits per heavy atom. The van der Waals surface area contributed by atoms with Gasteiger partial charge >= 0.3 is 0 Å². The third-order valence-corrected chi connectivity index (χ3v) is 2.83. The maximum Gasteiger partial charge on any atom is 0.148 e. The van der Waals surface area contributed by atoms with Crippen LogP contribution in [0, 0.1) is 5.82 Å². The Kier molecular flexibility index (Phi) is 3.02. The summed E-state index contributed by atoms with van der Waals surface area (Å²) >= 11 is 3.14. The predicted molar refractivity (Wildman–Crippen MR) is 59.3 cm³/mol. The van der Waals surface area contributed by atoms with Crippen molar-refractivity contribution in [3.05, 3.63) is 28.6 Å². The molecule has 0 N–H and O–H groups in total. The van der Waals surface area contributed by atoms with Gasteiger partial charge in [-0.1, -0.05) is 0 Å². The number of hydrogen-bond donors (Lipinski definition) is 0. The van der Waals surface area contributed by atoms with Crippen molar-refractivity contribution in [1.82, 2.24) is 9.78 Å². The van der Waals surface area contributed by atoms with Gasteiger partial charge in [0.15, 0.2) is 0 Å². The van der Waals surface area contributed by atoms with Crippen molar-refractivity contribution < 1.29 is 9.13 Å². The fraction of sp³-hybridized carbons (Fsp3) is 0.300. The van der Waals surface area contributed by atoms with Gasteiger partial charge in [-0.3, -0.25) is 4.68 Å². The summed E-state index contributed by atoms with van der Waals surface area (Å²) in [6.07, 6.45) is 1.53. The number of nitrogens with zero attached hydrogens (tertiary/aromatic N) is 2. The van der Waals surface area contributed by atoms with Gasteiger partial charge in [-0.25, -0.2) is 4.39 Å². The van der Waals surface area contributed by atoms with E-state index in [-0.39, 0.29) is 5.82 Å². The molecule has 0 atom stereocenters. The quantitative estimate of drug-likeness (QED) is 0.859. The van der Waals surface area contributed by atoms with Crippen LogP contribution in [0.25, 0.3) is 10.9 Å². The Bertz CT molecular complexity index is 483. The van der Waals surface area contributed by atoms with Gasteiger partial charge in [0.05, 0.1) is 34.7 Å². The second kappa shape index (κ2) is 4.28. The number of ether oxygens (including phenoxy) is 1. The number of hydrogen-bond acceptors (Lipinski definition) is 2. The molecule has 0 unspecified atom stereocenters. The number of aromatic nitrogens is 2. The maximum absolute atomic E-state index is 13.6. The number of methoxy groups -OCH3 is 1. The Hall–Kier alpha value is -0.940. The molecule has 0 bridgehead atoms. The third-order valence-electron chi connectivity index (χ3n) is 2.22. The molecule has 3 nitrogen and oxygen atoms in total. The lowest BCUT2D eigenvalue weighted by Gasteiger charge is -2.02. The van der Waals surface area contributed by atoms with Crippen molar-refractivity contribution in [2.45, 2.75) is 6.54 Å². The van der Waals surface area contributed by atoms with Crippen molar-refractivity contribution in [3.8, 4) is 0 Å². The highest BCUT2D eigenvalue weighted by atomic mass is 79.9. The molecule has 1 aromatic heterocycles. The minimum atomic E-state index is -0.267. The van der Waals surface area contributed by atoms with E-state index in [0.717, 1.165) is 5.52 Å². The molecule has 1 aromatic carbocycles. The smallest absolute Gasteiger partial charge is 0.148 e. The maximum atomic E-state index is 13.6. The number of halogens is 2. The summed E-state index contributed by atoms with van der Waals surface area (Å²) in [4.78, 5) is 0. The van der Waals surface area contributed by atoms with Crippen molar-refractivity contribution in [3.63, 3.8) is 0 Å². The van der Waals surface area contributed by atoms with Gasteiger partial charge in [0, 0.05) is 7.11 Å². The second-order valence-corrected chi connectivity index (χ2v) is 4.01. The molecule has 2 rings (SSSR count). The van der Waals surface area contributed by atoms with Gasteiger partial charge in [0.1, 0.15) is 5.82 Å². The molecule has 0 spiro atoms. The lowest BCUT2D eigenvalue weighted by molar-refractivity contribution is 0.185. The molecule has 1 heterocycles. The van der Waals surface area contributed by atoms with Crippen molar-refractivity contribution in [2.24, 2.45) is 0 Å². The zero-order valence-corrected chi connectivity index (χ0v) is 9.79. The van der Waals surface area contributed by atoms with Crippen LogP contribution < -0.4 is 0 Å². The summed E-state index contributed by atoms with van der Waals surface area (Å²) < 4.78 is 20.7. The van der Waals surface area contributed by atoms with Gasteiger partial charge in [-0.2, -0.15) is 5.10 Å². The second-order valence-electron chi connectivity index (χ2n) is 3.15. The summed E-state index contributed by atoms with van der Waals surface area (Å²) in [5.74, 6) is -0.267. The zero-order valence-electron chi connectivity index (χ0n) is 8.20. The summed E-state index contributed by atoms with van der Waals surface area (Å²) in [6, 6.07) is 3.52. The van der Waals surface area contributed by atoms with E-state index in [9.17, 15) is 4.39 Å². The highest BCUT2D eigenvalue weighted by molar-refractivity contribution is 9.10. The molecule has 0 aliphatic carbocycles. The lowest BCUT2D eigenvalue weighted by Crippen LogP contribution is -2.05. The van der Waals surface area contributed by atoms with Crippen LogP contribution in [0.5, 0.6) is 0 Å². The van der Waals surface area contributed by atoms with Gasteiger partial charge in [-0.15, -0.1) is 0 Å². The predicted octanol–water partition coefficient (Wildman–Crippen LogP) is 2.58. The van der Waals surface area contributed by atoms with Crippen LogP contribution in [0.4, 0.5) is 4.39 Å². The molecule has 0 fully saturated rings. The van der Waals surface area contributed by atoms with E-state index >= 15 is 0 Å².